The Morgan fingerprint density at radius 2 is 2.05 bits per heavy atom. The Morgan fingerprint density at radius 1 is 1.26 bits per heavy atom. The molecule has 2 N–H and O–H groups in total. The fourth-order valence-corrected chi connectivity index (χ4v) is 2.75. The number of anilines is 1. The maximum atomic E-state index is 4.61. The Labute approximate surface area is 120 Å². The van der Waals surface area contributed by atoms with Crippen molar-refractivity contribution in [1.29, 1.82) is 0 Å². The summed E-state index contributed by atoms with van der Waals surface area (Å²) in [5.41, 5.74) is 2.27. The Bertz CT molecular complexity index is 574. The van der Waals surface area contributed by atoms with E-state index in [1.54, 1.807) is 0 Å². The maximum Gasteiger partial charge on any atom is 0.245 e. The quantitative estimate of drug-likeness (QED) is 0.887. The zero-order chi connectivity index (χ0) is 13.2. The lowest BCUT2D eigenvalue weighted by Gasteiger charge is -2.25. The van der Waals surface area contributed by atoms with Gasteiger partial charge in [0.1, 0.15) is 0 Å². The molecule has 100 valence electrons. The molecule has 2 aromatic rings. The molecule has 0 aliphatic carbocycles. The number of H-pyrrole nitrogens is 1. The van der Waals surface area contributed by atoms with Crippen LogP contribution in [0.25, 0.3) is 11.4 Å². The highest BCUT2D eigenvalue weighted by molar-refractivity contribution is 9.10. The van der Waals surface area contributed by atoms with E-state index >= 15 is 0 Å². The van der Waals surface area contributed by atoms with Gasteiger partial charge in [-0.1, -0.05) is 15.9 Å². The SMILES string of the molecule is Cc1cc(Br)ccc1-c1nc(N2CCNCC2)n[nH]1. The van der Waals surface area contributed by atoms with E-state index in [9.17, 15) is 0 Å². The highest BCUT2D eigenvalue weighted by atomic mass is 79.9. The number of hydrogen-bond acceptors (Lipinski definition) is 4. The van der Waals surface area contributed by atoms with Gasteiger partial charge in [0.15, 0.2) is 5.82 Å². The summed E-state index contributed by atoms with van der Waals surface area (Å²) in [6.07, 6.45) is 0. The molecule has 0 bridgehead atoms. The summed E-state index contributed by atoms with van der Waals surface area (Å²) < 4.78 is 1.08. The summed E-state index contributed by atoms with van der Waals surface area (Å²) in [6.45, 7) is 5.96. The molecule has 0 atom stereocenters. The molecule has 5 nitrogen and oxygen atoms in total. The van der Waals surface area contributed by atoms with Gasteiger partial charge in [-0.15, -0.1) is 5.10 Å². The highest BCUT2D eigenvalue weighted by Crippen LogP contribution is 2.24. The number of benzene rings is 1. The fourth-order valence-electron chi connectivity index (χ4n) is 2.27. The lowest BCUT2D eigenvalue weighted by Crippen LogP contribution is -2.44. The number of nitrogens with zero attached hydrogens (tertiary/aromatic N) is 3. The topological polar surface area (TPSA) is 56.8 Å². The third-order valence-corrected chi connectivity index (χ3v) is 3.81. The number of aryl methyl sites for hydroxylation is 1. The third-order valence-electron chi connectivity index (χ3n) is 3.32. The summed E-state index contributed by atoms with van der Waals surface area (Å²) in [5, 5.41) is 10.7. The standard InChI is InChI=1S/C13H16BrN5/c1-9-8-10(14)2-3-11(9)12-16-13(18-17-12)19-6-4-15-5-7-19/h2-3,8,15H,4-7H2,1H3,(H,16,17,18). The predicted octanol–water partition coefficient (Wildman–Crippen LogP) is 1.95. The molecule has 0 unspecified atom stereocenters. The van der Waals surface area contributed by atoms with Crippen molar-refractivity contribution in [2.45, 2.75) is 6.92 Å². The highest BCUT2D eigenvalue weighted by Gasteiger charge is 2.16. The van der Waals surface area contributed by atoms with Crippen molar-refractivity contribution in [3.8, 4) is 11.4 Å². The first-order valence-corrected chi connectivity index (χ1v) is 7.18. The minimum Gasteiger partial charge on any atom is -0.337 e. The van der Waals surface area contributed by atoms with E-state index in [0.29, 0.717) is 0 Å². The summed E-state index contributed by atoms with van der Waals surface area (Å²) in [6, 6.07) is 6.17. The van der Waals surface area contributed by atoms with Crippen LogP contribution >= 0.6 is 15.9 Å². The zero-order valence-corrected chi connectivity index (χ0v) is 12.4. The number of aromatic amines is 1. The van der Waals surface area contributed by atoms with E-state index in [0.717, 1.165) is 48.0 Å². The third kappa shape index (κ3) is 2.64. The summed E-state index contributed by atoms with van der Waals surface area (Å²) in [5.74, 6) is 1.62. The minimum absolute atomic E-state index is 0.791. The Hall–Kier alpha value is -1.40. The van der Waals surface area contributed by atoms with Crippen molar-refractivity contribution in [3.05, 3.63) is 28.2 Å². The van der Waals surface area contributed by atoms with Crippen LogP contribution in [0.2, 0.25) is 0 Å². The van der Waals surface area contributed by atoms with Crippen LogP contribution in [0.4, 0.5) is 5.95 Å². The van der Waals surface area contributed by atoms with Crippen molar-refractivity contribution in [2.75, 3.05) is 31.1 Å². The van der Waals surface area contributed by atoms with Gasteiger partial charge < -0.3 is 10.2 Å². The molecule has 1 fully saturated rings. The van der Waals surface area contributed by atoms with Crippen LogP contribution in [0.15, 0.2) is 22.7 Å². The van der Waals surface area contributed by atoms with E-state index in [2.05, 4.69) is 60.4 Å². The van der Waals surface area contributed by atoms with Gasteiger partial charge in [-0.2, -0.15) is 4.98 Å². The Balaban J connectivity index is 1.87. The van der Waals surface area contributed by atoms with Crippen LogP contribution in [-0.4, -0.2) is 41.4 Å². The number of halogens is 1. The first kappa shape index (κ1) is 12.6. The normalized spacial score (nSPS) is 15.8. The first-order chi connectivity index (χ1) is 9.24. The van der Waals surface area contributed by atoms with E-state index in [4.69, 9.17) is 0 Å². The van der Waals surface area contributed by atoms with Crippen LogP contribution in [-0.2, 0) is 0 Å². The molecular weight excluding hydrogens is 306 g/mol. The molecule has 2 heterocycles. The molecule has 0 saturated carbocycles. The largest absolute Gasteiger partial charge is 0.337 e. The van der Waals surface area contributed by atoms with Crippen molar-refractivity contribution in [2.24, 2.45) is 0 Å². The van der Waals surface area contributed by atoms with Gasteiger partial charge in [0.2, 0.25) is 5.95 Å². The molecule has 1 aromatic carbocycles. The molecule has 3 rings (SSSR count). The average molecular weight is 322 g/mol. The van der Waals surface area contributed by atoms with E-state index in [1.807, 2.05) is 6.07 Å². The predicted molar refractivity (Wildman–Crippen MR) is 79.3 cm³/mol. The van der Waals surface area contributed by atoms with Gasteiger partial charge in [-0.05, 0) is 30.7 Å². The molecule has 1 aliphatic heterocycles. The fraction of sp³-hybridized carbons (Fsp3) is 0.385. The molecule has 0 radical (unpaired) electrons. The number of piperazine rings is 1. The van der Waals surface area contributed by atoms with Crippen LogP contribution in [0, 0.1) is 6.92 Å². The summed E-state index contributed by atoms with van der Waals surface area (Å²) >= 11 is 3.48. The summed E-state index contributed by atoms with van der Waals surface area (Å²) in [4.78, 5) is 6.81. The van der Waals surface area contributed by atoms with Crippen LogP contribution in [0.1, 0.15) is 5.56 Å². The van der Waals surface area contributed by atoms with Gasteiger partial charge >= 0.3 is 0 Å². The molecule has 1 saturated heterocycles. The van der Waals surface area contributed by atoms with Crippen molar-refractivity contribution < 1.29 is 0 Å². The van der Waals surface area contributed by atoms with Crippen LogP contribution < -0.4 is 10.2 Å². The van der Waals surface area contributed by atoms with Gasteiger partial charge in [0, 0.05) is 36.2 Å². The van der Waals surface area contributed by atoms with Crippen molar-refractivity contribution >= 4 is 21.9 Å². The number of rotatable bonds is 2. The second-order valence-corrected chi connectivity index (χ2v) is 5.60. The van der Waals surface area contributed by atoms with E-state index in [1.165, 1.54) is 5.56 Å². The average Bonchev–Trinajstić information content (AvgIpc) is 2.89. The van der Waals surface area contributed by atoms with Gasteiger partial charge in [0.25, 0.3) is 0 Å². The molecule has 0 spiro atoms. The number of aromatic nitrogens is 3. The maximum absolute atomic E-state index is 4.61. The second-order valence-electron chi connectivity index (χ2n) is 4.68. The van der Waals surface area contributed by atoms with Crippen molar-refractivity contribution in [1.82, 2.24) is 20.5 Å². The minimum atomic E-state index is 0.791. The number of hydrogen-bond donors (Lipinski definition) is 2. The van der Waals surface area contributed by atoms with E-state index in [-0.39, 0.29) is 0 Å². The summed E-state index contributed by atoms with van der Waals surface area (Å²) in [7, 11) is 0. The van der Waals surface area contributed by atoms with Crippen LogP contribution in [0.5, 0.6) is 0 Å². The van der Waals surface area contributed by atoms with Gasteiger partial charge in [-0.3, -0.25) is 5.10 Å². The molecule has 1 aromatic heterocycles. The van der Waals surface area contributed by atoms with Gasteiger partial charge in [-0.25, -0.2) is 0 Å². The molecule has 1 aliphatic rings. The Kier molecular flexibility index (Phi) is 3.52. The molecular formula is C13H16BrN5. The Morgan fingerprint density at radius 3 is 2.79 bits per heavy atom. The van der Waals surface area contributed by atoms with E-state index < -0.39 is 0 Å². The first-order valence-electron chi connectivity index (χ1n) is 6.38. The molecule has 0 amide bonds. The van der Waals surface area contributed by atoms with Gasteiger partial charge in [0.05, 0.1) is 0 Å². The second kappa shape index (κ2) is 5.30. The van der Waals surface area contributed by atoms with Crippen LogP contribution in [0.3, 0.4) is 0 Å². The lowest BCUT2D eigenvalue weighted by atomic mass is 10.1. The lowest BCUT2D eigenvalue weighted by molar-refractivity contribution is 0.580. The molecule has 6 heteroatoms. The smallest absolute Gasteiger partial charge is 0.245 e. The van der Waals surface area contributed by atoms with Crippen molar-refractivity contribution in [3.63, 3.8) is 0 Å². The molecule has 19 heavy (non-hydrogen) atoms. The number of nitrogens with one attached hydrogen (secondary N) is 2. The monoisotopic (exact) mass is 321 g/mol. The zero-order valence-electron chi connectivity index (χ0n) is 10.8.